The van der Waals surface area contributed by atoms with Crippen molar-refractivity contribution >= 4 is 16.1 Å². The fourth-order valence-electron chi connectivity index (χ4n) is 1.29. The molecule has 23 heavy (non-hydrogen) atoms. The van der Waals surface area contributed by atoms with Gasteiger partial charge in [0.25, 0.3) is 0 Å². The average molecular weight is 355 g/mol. The van der Waals surface area contributed by atoms with E-state index in [1.54, 1.807) is 20.8 Å². The van der Waals surface area contributed by atoms with E-state index in [0.717, 1.165) is 6.07 Å². The number of alkyl halides is 3. The van der Waals surface area contributed by atoms with Gasteiger partial charge in [0.2, 0.25) is 0 Å². The molecule has 0 saturated heterocycles. The Bertz CT molecular complexity index is 693. The van der Waals surface area contributed by atoms with Crippen molar-refractivity contribution in [2.45, 2.75) is 39.8 Å². The number of carbonyl (C=O) groups is 1. The topological polar surface area (TPSA) is 82.6 Å². The van der Waals surface area contributed by atoms with Crippen LogP contribution in [-0.4, -0.2) is 24.9 Å². The molecule has 1 aromatic rings. The van der Waals surface area contributed by atoms with Gasteiger partial charge >= 0.3 is 21.6 Å². The number of rotatable bonds is 4. The summed E-state index contributed by atoms with van der Waals surface area (Å²) in [5.41, 5.74) is -6.24. The lowest BCUT2D eigenvalue weighted by atomic mass is 9.97. The Balaban J connectivity index is 3.06. The van der Waals surface area contributed by atoms with E-state index in [1.807, 2.05) is 0 Å². The normalized spacial score (nSPS) is 12.8. The van der Waals surface area contributed by atoms with Crippen molar-refractivity contribution in [2.24, 2.45) is 5.41 Å². The predicted molar refractivity (Wildman–Crippen MR) is 73.8 cm³/mol. The molecule has 0 radical (unpaired) electrons. The molecular weight excluding hydrogens is 339 g/mol. The molecule has 6 nitrogen and oxygen atoms in total. The summed E-state index contributed by atoms with van der Waals surface area (Å²) in [5, 5.41) is 0. The van der Waals surface area contributed by atoms with E-state index in [-0.39, 0.29) is 5.69 Å². The second kappa shape index (κ2) is 6.34. The molecule has 0 saturated carbocycles. The molecule has 1 heterocycles. The van der Waals surface area contributed by atoms with Gasteiger partial charge in [0.1, 0.15) is 12.3 Å². The van der Waals surface area contributed by atoms with Gasteiger partial charge in [-0.2, -0.15) is 21.6 Å². The smallest absolute Gasteiger partial charge is 0.459 e. The number of nitrogens with zero attached hydrogens (tertiary/aromatic N) is 1. The van der Waals surface area contributed by atoms with Crippen LogP contribution in [0.5, 0.6) is 5.75 Å². The summed E-state index contributed by atoms with van der Waals surface area (Å²) in [7, 11) is -5.83. The number of halogens is 3. The minimum atomic E-state index is -5.83. The molecule has 1 rings (SSSR count). The highest BCUT2D eigenvalue weighted by atomic mass is 32.2. The SMILES string of the molecule is Cc1ccc(OS(=O)(=O)C(F)(F)F)c(COC(=O)C(C)(C)C)n1. The van der Waals surface area contributed by atoms with Gasteiger partial charge in [-0.1, -0.05) is 0 Å². The largest absolute Gasteiger partial charge is 0.534 e. The Kier molecular flexibility index (Phi) is 5.30. The molecule has 0 unspecified atom stereocenters. The van der Waals surface area contributed by atoms with Crippen LogP contribution in [0, 0.1) is 12.3 Å². The van der Waals surface area contributed by atoms with E-state index in [4.69, 9.17) is 4.74 Å². The Morgan fingerprint density at radius 2 is 1.78 bits per heavy atom. The zero-order valence-corrected chi connectivity index (χ0v) is 13.7. The van der Waals surface area contributed by atoms with Gasteiger partial charge < -0.3 is 8.92 Å². The molecule has 10 heteroatoms. The van der Waals surface area contributed by atoms with Crippen LogP contribution in [0.2, 0.25) is 0 Å². The Hall–Kier alpha value is -1.84. The number of hydrogen-bond acceptors (Lipinski definition) is 6. The second-order valence-corrected chi connectivity index (χ2v) is 7.24. The van der Waals surface area contributed by atoms with E-state index >= 15 is 0 Å². The van der Waals surface area contributed by atoms with Crippen molar-refractivity contribution in [1.29, 1.82) is 0 Å². The predicted octanol–water partition coefficient (Wildman–Crippen LogP) is 2.71. The molecule has 0 fully saturated rings. The molecule has 0 bridgehead atoms. The Morgan fingerprint density at radius 3 is 2.26 bits per heavy atom. The summed E-state index contributed by atoms with van der Waals surface area (Å²) < 4.78 is 68.3. The fraction of sp³-hybridized carbons (Fsp3) is 0.538. The lowest BCUT2D eigenvalue weighted by Crippen LogP contribution is -2.28. The van der Waals surface area contributed by atoms with E-state index < -0.39 is 39.4 Å². The van der Waals surface area contributed by atoms with Gasteiger partial charge in [-0.15, -0.1) is 0 Å². The van der Waals surface area contributed by atoms with Crippen molar-refractivity contribution in [3.63, 3.8) is 0 Å². The maximum absolute atomic E-state index is 12.4. The van der Waals surface area contributed by atoms with Gasteiger partial charge in [-0.3, -0.25) is 9.78 Å². The maximum Gasteiger partial charge on any atom is 0.534 e. The first-order valence-corrected chi connectivity index (χ1v) is 7.79. The van der Waals surface area contributed by atoms with Gasteiger partial charge in [0, 0.05) is 5.69 Å². The van der Waals surface area contributed by atoms with Crippen molar-refractivity contribution in [3.05, 3.63) is 23.5 Å². The summed E-state index contributed by atoms with van der Waals surface area (Å²) in [6.45, 7) is 5.79. The molecule has 0 atom stereocenters. The number of carbonyl (C=O) groups excluding carboxylic acids is 1. The molecule has 0 amide bonds. The van der Waals surface area contributed by atoms with Crippen molar-refractivity contribution in [3.8, 4) is 5.75 Å². The van der Waals surface area contributed by atoms with Crippen molar-refractivity contribution in [2.75, 3.05) is 0 Å². The fourth-order valence-corrected chi connectivity index (χ4v) is 1.78. The Morgan fingerprint density at radius 1 is 1.22 bits per heavy atom. The highest BCUT2D eigenvalue weighted by Crippen LogP contribution is 2.29. The number of hydrogen-bond donors (Lipinski definition) is 0. The third kappa shape index (κ3) is 5.08. The van der Waals surface area contributed by atoms with E-state index in [9.17, 15) is 26.4 Å². The second-order valence-electron chi connectivity index (χ2n) is 5.71. The highest BCUT2D eigenvalue weighted by Gasteiger charge is 2.48. The van der Waals surface area contributed by atoms with Gasteiger partial charge in [-0.25, -0.2) is 0 Å². The van der Waals surface area contributed by atoms with E-state index in [2.05, 4.69) is 9.17 Å². The van der Waals surface area contributed by atoms with Crippen LogP contribution >= 0.6 is 0 Å². The van der Waals surface area contributed by atoms with Crippen molar-refractivity contribution in [1.82, 2.24) is 4.98 Å². The minimum absolute atomic E-state index is 0.226. The minimum Gasteiger partial charge on any atom is -0.459 e. The molecule has 0 aromatic carbocycles. The molecule has 130 valence electrons. The van der Waals surface area contributed by atoms with Gasteiger partial charge in [0.05, 0.1) is 5.41 Å². The third-order valence-electron chi connectivity index (χ3n) is 2.51. The Labute approximate surface area is 131 Å². The summed E-state index contributed by atoms with van der Waals surface area (Å²) in [6, 6.07) is 2.29. The summed E-state index contributed by atoms with van der Waals surface area (Å²) in [6.07, 6.45) is 0. The summed E-state index contributed by atoms with van der Waals surface area (Å²) >= 11 is 0. The molecule has 0 aliphatic carbocycles. The quantitative estimate of drug-likeness (QED) is 0.469. The van der Waals surface area contributed by atoms with Gasteiger partial charge in [-0.05, 0) is 39.8 Å². The van der Waals surface area contributed by atoms with Crippen LogP contribution in [0.3, 0.4) is 0 Å². The lowest BCUT2D eigenvalue weighted by Gasteiger charge is -2.17. The standard InChI is InChI=1S/C13H16F3NO5S/c1-8-5-6-10(22-23(19,20)13(14,15)16)9(17-8)7-21-11(18)12(2,3)4/h5-6H,7H2,1-4H3. The lowest BCUT2D eigenvalue weighted by molar-refractivity contribution is -0.154. The van der Waals surface area contributed by atoms with Crippen LogP contribution < -0.4 is 4.18 Å². The van der Waals surface area contributed by atoms with E-state index in [0.29, 0.717) is 5.69 Å². The monoisotopic (exact) mass is 355 g/mol. The number of aryl methyl sites for hydroxylation is 1. The summed E-state index contributed by atoms with van der Waals surface area (Å²) in [4.78, 5) is 15.5. The van der Waals surface area contributed by atoms with Crippen LogP contribution in [0.15, 0.2) is 12.1 Å². The first kappa shape index (κ1) is 19.2. The molecule has 0 spiro atoms. The number of esters is 1. The van der Waals surface area contributed by atoms with Crippen LogP contribution in [0.4, 0.5) is 13.2 Å². The van der Waals surface area contributed by atoms with Crippen LogP contribution in [-0.2, 0) is 26.3 Å². The number of pyridine rings is 1. The molecule has 1 aromatic heterocycles. The van der Waals surface area contributed by atoms with Crippen molar-refractivity contribution < 1.29 is 35.3 Å². The number of ether oxygens (including phenoxy) is 1. The van der Waals surface area contributed by atoms with E-state index in [1.165, 1.54) is 13.0 Å². The molecule has 0 N–H and O–H groups in total. The summed E-state index contributed by atoms with van der Waals surface area (Å²) in [5.74, 6) is -1.26. The number of aromatic nitrogens is 1. The molecular formula is C13H16F3NO5S. The third-order valence-corrected chi connectivity index (χ3v) is 3.47. The van der Waals surface area contributed by atoms with Crippen LogP contribution in [0.25, 0.3) is 0 Å². The first-order chi connectivity index (χ1) is 10.2. The maximum atomic E-state index is 12.4. The zero-order chi connectivity index (χ0) is 18.1. The average Bonchev–Trinajstić information content (AvgIpc) is 2.35. The van der Waals surface area contributed by atoms with Gasteiger partial charge in [0.15, 0.2) is 5.75 Å². The first-order valence-electron chi connectivity index (χ1n) is 6.38. The van der Waals surface area contributed by atoms with Crippen LogP contribution in [0.1, 0.15) is 32.2 Å². The molecule has 0 aliphatic heterocycles. The highest BCUT2D eigenvalue weighted by molar-refractivity contribution is 7.88. The zero-order valence-electron chi connectivity index (χ0n) is 12.9. The molecule has 0 aliphatic rings.